The van der Waals surface area contributed by atoms with Gasteiger partial charge in [0, 0.05) is 23.7 Å². The first kappa shape index (κ1) is 24.0. The number of nitrogens with zero attached hydrogens (tertiary/aromatic N) is 1. The smallest absolute Gasteiger partial charge is 0.311 e. The maximum Gasteiger partial charge on any atom is 0.311 e. The molecule has 3 N–H and O–H groups in total. The van der Waals surface area contributed by atoms with Crippen LogP contribution in [0.2, 0.25) is 5.02 Å². The second-order valence-electron chi connectivity index (χ2n) is 6.27. The summed E-state index contributed by atoms with van der Waals surface area (Å²) in [4.78, 5) is 34.8. The monoisotopic (exact) mass is 464 g/mol. The number of thiocarbonyl (C=S) groups is 1. The molecule has 0 aliphatic carbocycles. The molecule has 0 fully saturated rings. The van der Waals surface area contributed by atoms with E-state index in [0.717, 1.165) is 6.07 Å². The summed E-state index contributed by atoms with van der Waals surface area (Å²) in [7, 11) is 0. The zero-order chi connectivity index (χ0) is 23.0. The van der Waals surface area contributed by atoms with E-state index in [0.29, 0.717) is 29.2 Å². The van der Waals surface area contributed by atoms with Crippen LogP contribution in [-0.4, -0.2) is 28.5 Å². The number of benzene rings is 2. The molecule has 2 aromatic carbocycles. The molecule has 11 heteroatoms. The minimum absolute atomic E-state index is 0.0333. The maximum absolute atomic E-state index is 12.5. The Labute approximate surface area is 189 Å². The quantitative estimate of drug-likeness (QED) is 0.298. The highest BCUT2D eigenvalue weighted by atomic mass is 35.5. The van der Waals surface area contributed by atoms with Crippen LogP contribution in [0.15, 0.2) is 36.4 Å². The predicted octanol–water partition coefficient (Wildman–Crippen LogP) is 4.51. The number of amides is 2. The molecule has 0 aliphatic heterocycles. The first-order chi connectivity index (χ1) is 14.7. The summed E-state index contributed by atoms with van der Waals surface area (Å²) in [6.07, 6.45) is 1.10. The first-order valence-electron chi connectivity index (χ1n) is 9.38. The molecule has 0 saturated carbocycles. The van der Waals surface area contributed by atoms with Gasteiger partial charge in [-0.3, -0.25) is 25.0 Å². The van der Waals surface area contributed by atoms with E-state index < -0.39 is 10.8 Å². The number of ether oxygens (including phenoxy) is 1. The van der Waals surface area contributed by atoms with Crippen molar-refractivity contribution in [2.45, 2.75) is 26.7 Å². The summed E-state index contributed by atoms with van der Waals surface area (Å²) in [6, 6.07) is 8.66. The Morgan fingerprint density at radius 1 is 1.16 bits per heavy atom. The minimum atomic E-state index is -0.646. The highest BCUT2D eigenvalue weighted by Crippen LogP contribution is 2.28. The molecular formula is C20H21ClN4O5S. The van der Waals surface area contributed by atoms with Crippen molar-refractivity contribution in [3.8, 4) is 5.75 Å². The van der Waals surface area contributed by atoms with Crippen molar-refractivity contribution in [3.05, 3.63) is 57.1 Å². The Hall–Kier alpha value is -3.24. The Morgan fingerprint density at radius 3 is 2.55 bits per heavy atom. The number of halogens is 1. The highest BCUT2D eigenvalue weighted by molar-refractivity contribution is 7.80. The zero-order valence-corrected chi connectivity index (χ0v) is 18.4. The van der Waals surface area contributed by atoms with Crippen molar-refractivity contribution in [2.75, 3.05) is 17.2 Å². The van der Waals surface area contributed by atoms with Crippen LogP contribution in [0, 0.1) is 10.1 Å². The number of nitrogens with one attached hydrogen (secondary N) is 3. The summed E-state index contributed by atoms with van der Waals surface area (Å²) in [5.74, 6) is -0.714. The Morgan fingerprint density at radius 2 is 1.90 bits per heavy atom. The lowest BCUT2D eigenvalue weighted by atomic mass is 10.1. The van der Waals surface area contributed by atoms with Crippen LogP contribution in [0.5, 0.6) is 5.75 Å². The number of anilines is 2. The Bertz CT molecular complexity index is 1020. The number of hydrogen-bond acceptors (Lipinski definition) is 6. The molecule has 31 heavy (non-hydrogen) atoms. The van der Waals surface area contributed by atoms with Gasteiger partial charge in [-0.2, -0.15) is 0 Å². The third-order valence-corrected chi connectivity index (χ3v) is 4.45. The summed E-state index contributed by atoms with van der Waals surface area (Å²) < 4.78 is 5.20. The molecule has 0 spiro atoms. The van der Waals surface area contributed by atoms with Gasteiger partial charge in [0.25, 0.3) is 5.91 Å². The maximum atomic E-state index is 12.5. The summed E-state index contributed by atoms with van der Waals surface area (Å²) in [5.41, 5.74) is 0.596. The van der Waals surface area contributed by atoms with Crippen LogP contribution in [0.4, 0.5) is 17.1 Å². The van der Waals surface area contributed by atoms with Gasteiger partial charge in [-0.1, -0.05) is 18.5 Å². The van der Waals surface area contributed by atoms with Gasteiger partial charge < -0.3 is 15.4 Å². The molecule has 0 atom stereocenters. The molecule has 9 nitrogen and oxygen atoms in total. The van der Waals surface area contributed by atoms with E-state index in [1.54, 1.807) is 25.1 Å². The summed E-state index contributed by atoms with van der Waals surface area (Å²) in [6.45, 7) is 3.84. The van der Waals surface area contributed by atoms with Crippen LogP contribution >= 0.6 is 23.8 Å². The lowest BCUT2D eigenvalue weighted by molar-refractivity contribution is -0.385. The molecular weight excluding hydrogens is 444 g/mol. The molecule has 2 rings (SSSR count). The lowest BCUT2D eigenvalue weighted by Gasteiger charge is -2.13. The number of carbonyl (C=O) groups is 2. The number of carbonyl (C=O) groups excluding carboxylic acids is 2. The lowest BCUT2D eigenvalue weighted by Crippen LogP contribution is -2.34. The van der Waals surface area contributed by atoms with E-state index >= 15 is 0 Å². The van der Waals surface area contributed by atoms with Crippen LogP contribution in [0.25, 0.3) is 0 Å². The molecule has 0 aliphatic rings. The second kappa shape index (κ2) is 11.2. The highest BCUT2D eigenvalue weighted by Gasteiger charge is 2.19. The second-order valence-corrected chi connectivity index (χ2v) is 7.09. The van der Waals surface area contributed by atoms with Gasteiger partial charge >= 0.3 is 5.69 Å². The van der Waals surface area contributed by atoms with Crippen molar-refractivity contribution in [1.82, 2.24) is 5.32 Å². The number of nitro groups is 1. The van der Waals surface area contributed by atoms with E-state index in [4.69, 9.17) is 28.6 Å². The van der Waals surface area contributed by atoms with Gasteiger partial charge in [0.05, 0.1) is 22.2 Å². The van der Waals surface area contributed by atoms with Gasteiger partial charge in [0.15, 0.2) is 10.9 Å². The molecule has 164 valence electrons. The summed E-state index contributed by atoms with van der Waals surface area (Å²) >= 11 is 11.3. The number of hydrogen-bond donors (Lipinski definition) is 3. The third-order valence-electron chi connectivity index (χ3n) is 3.92. The Balaban J connectivity index is 2.10. The predicted molar refractivity (Wildman–Crippen MR) is 123 cm³/mol. The van der Waals surface area contributed by atoms with Crippen molar-refractivity contribution in [3.63, 3.8) is 0 Å². The van der Waals surface area contributed by atoms with Crippen molar-refractivity contribution < 1.29 is 19.2 Å². The molecule has 0 radical (unpaired) electrons. The van der Waals surface area contributed by atoms with Gasteiger partial charge in [-0.15, -0.1) is 0 Å². The van der Waals surface area contributed by atoms with E-state index in [-0.39, 0.29) is 34.6 Å². The largest absolute Gasteiger partial charge is 0.487 e. The fourth-order valence-electron chi connectivity index (χ4n) is 2.56. The van der Waals surface area contributed by atoms with Gasteiger partial charge in [-0.25, -0.2) is 0 Å². The average Bonchev–Trinajstić information content (AvgIpc) is 2.71. The topological polar surface area (TPSA) is 123 Å². The van der Waals surface area contributed by atoms with Crippen molar-refractivity contribution in [1.29, 1.82) is 0 Å². The van der Waals surface area contributed by atoms with Crippen molar-refractivity contribution in [2.24, 2.45) is 0 Å². The van der Waals surface area contributed by atoms with Crippen LogP contribution in [-0.2, 0) is 4.79 Å². The molecule has 0 aromatic heterocycles. The fraction of sp³-hybridized carbons (Fsp3) is 0.250. The van der Waals surface area contributed by atoms with E-state index in [1.807, 2.05) is 6.92 Å². The van der Waals surface area contributed by atoms with E-state index in [9.17, 15) is 19.7 Å². The molecule has 2 aromatic rings. The van der Waals surface area contributed by atoms with E-state index in [1.165, 1.54) is 12.1 Å². The standard InChI is InChI=1S/C20H21ClN4O5S/c1-3-5-18(26)22-13-7-8-14(21)15(11-13)23-20(31)24-19(27)12-6-9-17(30-4-2)16(10-12)25(28)29/h6-11H,3-5H2,1-2H3,(H,22,26)(H2,23,24,27,31). The zero-order valence-electron chi connectivity index (χ0n) is 16.9. The third kappa shape index (κ3) is 6.90. The van der Waals surface area contributed by atoms with Crippen LogP contribution in [0.3, 0.4) is 0 Å². The first-order valence-corrected chi connectivity index (χ1v) is 10.2. The normalized spacial score (nSPS) is 10.2. The van der Waals surface area contributed by atoms with Crippen LogP contribution in [0.1, 0.15) is 37.0 Å². The van der Waals surface area contributed by atoms with Crippen molar-refractivity contribution >= 4 is 57.8 Å². The van der Waals surface area contributed by atoms with Gasteiger partial charge in [-0.05, 0) is 55.9 Å². The molecule has 0 bridgehead atoms. The minimum Gasteiger partial charge on any atom is -0.487 e. The summed E-state index contributed by atoms with van der Waals surface area (Å²) in [5, 5.41) is 19.4. The molecule has 2 amide bonds. The molecule has 0 heterocycles. The van der Waals surface area contributed by atoms with Gasteiger partial charge in [0.2, 0.25) is 5.91 Å². The SMILES string of the molecule is CCCC(=O)Nc1ccc(Cl)c(NC(=S)NC(=O)c2ccc(OCC)c([N+](=O)[O-])c2)c1. The van der Waals surface area contributed by atoms with Crippen LogP contribution < -0.4 is 20.7 Å². The van der Waals surface area contributed by atoms with E-state index in [2.05, 4.69) is 16.0 Å². The molecule has 0 unspecified atom stereocenters. The number of nitro benzene ring substituents is 1. The fourth-order valence-corrected chi connectivity index (χ4v) is 2.92. The average molecular weight is 465 g/mol. The van der Waals surface area contributed by atoms with Gasteiger partial charge in [0.1, 0.15) is 0 Å². The molecule has 0 saturated heterocycles. The number of rotatable bonds is 8. The Kier molecular flexibility index (Phi) is 8.71.